The van der Waals surface area contributed by atoms with Crippen LogP contribution in [0.2, 0.25) is 0 Å². The Morgan fingerprint density at radius 3 is 2.29 bits per heavy atom. The van der Waals surface area contributed by atoms with E-state index < -0.39 is 17.4 Å². The van der Waals surface area contributed by atoms with Crippen molar-refractivity contribution in [3.05, 3.63) is 29.3 Å². The van der Waals surface area contributed by atoms with Crippen molar-refractivity contribution in [3.63, 3.8) is 0 Å². The third-order valence-corrected chi connectivity index (χ3v) is 3.84. The molecule has 5 nitrogen and oxygen atoms in total. The number of aliphatic carboxylic acids is 1. The van der Waals surface area contributed by atoms with Crippen molar-refractivity contribution in [3.8, 4) is 5.75 Å². The largest absolute Gasteiger partial charge is 0.484 e. The van der Waals surface area contributed by atoms with Gasteiger partial charge in [-0.1, -0.05) is 19.9 Å². The predicted octanol–water partition coefficient (Wildman–Crippen LogP) is 2.44. The lowest BCUT2D eigenvalue weighted by Crippen LogP contribution is -2.54. The Morgan fingerprint density at radius 1 is 1.19 bits per heavy atom. The van der Waals surface area contributed by atoms with Crippen molar-refractivity contribution in [2.75, 3.05) is 6.61 Å². The summed E-state index contributed by atoms with van der Waals surface area (Å²) >= 11 is 0. The molecule has 116 valence electrons. The van der Waals surface area contributed by atoms with Crippen molar-refractivity contribution in [1.82, 2.24) is 5.32 Å². The van der Waals surface area contributed by atoms with Crippen LogP contribution in [0.1, 0.15) is 37.8 Å². The molecule has 0 aliphatic carbocycles. The molecule has 1 rings (SSSR count). The third-order valence-electron chi connectivity index (χ3n) is 3.84. The van der Waals surface area contributed by atoms with Gasteiger partial charge in [-0.2, -0.15) is 0 Å². The zero-order valence-electron chi connectivity index (χ0n) is 13.0. The number of carbonyl (C=O) groups excluding carboxylic acids is 1. The Kier molecular flexibility index (Phi) is 5.76. The number of carboxylic acid groups (broad SMARTS) is 1. The van der Waals surface area contributed by atoms with Gasteiger partial charge >= 0.3 is 5.97 Å². The number of carbonyl (C=O) groups is 2. The van der Waals surface area contributed by atoms with Crippen LogP contribution >= 0.6 is 0 Å². The quantitative estimate of drug-likeness (QED) is 0.809. The molecule has 0 saturated carbocycles. The number of aryl methyl sites for hydroxylation is 2. The summed E-state index contributed by atoms with van der Waals surface area (Å²) in [5, 5.41) is 11.8. The lowest BCUT2D eigenvalue weighted by molar-refractivity contribution is -0.148. The van der Waals surface area contributed by atoms with Crippen LogP contribution in [0.5, 0.6) is 5.75 Å². The first-order chi connectivity index (χ1) is 9.84. The van der Waals surface area contributed by atoms with E-state index in [0.717, 1.165) is 11.1 Å². The first kappa shape index (κ1) is 17.0. The standard InChI is InChI=1S/C16H23NO4/c1-5-16(6-2,15(19)20)17-14(18)10-21-13-8-7-11(3)12(4)9-13/h7-9H,5-6,10H2,1-4H3,(H,17,18)(H,19,20). The van der Waals surface area contributed by atoms with Gasteiger partial charge in [-0.15, -0.1) is 0 Å². The highest BCUT2D eigenvalue weighted by atomic mass is 16.5. The van der Waals surface area contributed by atoms with Gasteiger partial charge in [-0.3, -0.25) is 4.79 Å². The summed E-state index contributed by atoms with van der Waals surface area (Å²) in [5.41, 5.74) is 1.01. The minimum Gasteiger partial charge on any atom is -0.484 e. The number of rotatable bonds is 7. The van der Waals surface area contributed by atoms with E-state index in [9.17, 15) is 14.7 Å². The summed E-state index contributed by atoms with van der Waals surface area (Å²) in [5.74, 6) is -0.853. The van der Waals surface area contributed by atoms with Gasteiger partial charge in [0, 0.05) is 0 Å². The molecule has 0 aliphatic rings. The molecule has 0 fully saturated rings. The molecule has 5 heteroatoms. The summed E-state index contributed by atoms with van der Waals surface area (Å²) in [6.45, 7) is 7.24. The van der Waals surface area contributed by atoms with Crippen LogP contribution in [0.15, 0.2) is 18.2 Å². The van der Waals surface area contributed by atoms with Gasteiger partial charge in [0.1, 0.15) is 11.3 Å². The summed E-state index contributed by atoms with van der Waals surface area (Å²) in [6.07, 6.45) is 0.655. The molecule has 0 aromatic heterocycles. The first-order valence-electron chi connectivity index (χ1n) is 7.09. The molecule has 0 spiro atoms. The Morgan fingerprint density at radius 2 is 1.81 bits per heavy atom. The number of amides is 1. The molecular formula is C16H23NO4. The summed E-state index contributed by atoms with van der Waals surface area (Å²) < 4.78 is 5.41. The van der Waals surface area contributed by atoms with Gasteiger partial charge < -0.3 is 15.2 Å². The Labute approximate surface area is 125 Å². The smallest absolute Gasteiger partial charge is 0.329 e. The predicted molar refractivity (Wildman–Crippen MR) is 80.5 cm³/mol. The average molecular weight is 293 g/mol. The molecule has 1 amide bonds. The van der Waals surface area contributed by atoms with Crippen LogP contribution in [0.3, 0.4) is 0 Å². The number of carboxylic acids is 1. The van der Waals surface area contributed by atoms with E-state index in [1.165, 1.54) is 0 Å². The van der Waals surface area contributed by atoms with Crippen LogP contribution < -0.4 is 10.1 Å². The van der Waals surface area contributed by atoms with Gasteiger partial charge in [0.2, 0.25) is 0 Å². The maximum absolute atomic E-state index is 11.9. The second kappa shape index (κ2) is 7.11. The van der Waals surface area contributed by atoms with Crippen molar-refractivity contribution in [2.45, 2.75) is 46.1 Å². The molecule has 1 aromatic rings. The fraction of sp³-hybridized carbons (Fsp3) is 0.500. The molecule has 1 aromatic carbocycles. The second-order valence-corrected chi connectivity index (χ2v) is 5.18. The van der Waals surface area contributed by atoms with E-state index in [0.29, 0.717) is 18.6 Å². The molecular weight excluding hydrogens is 270 g/mol. The van der Waals surface area contributed by atoms with E-state index in [1.54, 1.807) is 19.9 Å². The minimum absolute atomic E-state index is 0.197. The van der Waals surface area contributed by atoms with E-state index in [-0.39, 0.29) is 6.61 Å². The summed E-state index contributed by atoms with van der Waals surface area (Å²) in [7, 11) is 0. The number of ether oxygens (including phenoxy) is 1. The van der Waals surface area contributed by atoms with Gasteiger partial charge in [0.05, 0.1) is 0 Å². The van der Waals surface area contributed by atoms with Crippen molar-refractivity contribution in [1.29, 1.82) is 0 Å². The highest BCUT2D eigenvalue weighted by molar-refractivity contribution is 5.87. The number of nitrogens with one attached hydrogen (secondary N) is 1. The Hall–Kier alpha value is -2.04. The monoisotopic (exact) mass is 293 g/mol. The molecule has 0 saturated heterocycles. The van der Waals surface area contributed by atoms with Crippen LogP contribution in [-0.4, -0.2) is 29.1 Å². The van der Waals surface area contributed by atoms with Crippen LogP contribution in [0.25, 0.3) is 0 Å². The number of benzene rings is 1. The van der Waals surface area contributed by atoms with E-state index in [4.69, 9.17) is 4.74 Å². The maximum atomic E-state index is 11.9. The topological polar surface area (TPSA) is 75.6 Å². The highest BCUT2D eigenvalue weighted by Gasteiger charge is 2.36. The maximum Gasteiger partial charge on any atom is 0.329 e. The van der Waals surface area contributed by atoms with Gasteiger partial charge in [0.25, 0.3) is 5.91 Å². The molecule has 0 atom stereocenters. The minimum atomic E-state index is -1.22. The van der Waals surface area contributed by atoms with E-state index >= 15 is 0 Å². The molecule has 0 radical (unpaired) electrons. The van der Waals surface area contributed by atoms with Gasteiger partial charge in [-0.25, -0.2) is 4.79 Å². The van der Waals surface area contributed by atoms with Crippen LogP contribution in [0, 0.1) is 13.8 Å². The molecule has 0 aliphatic heterocycles. The lowest BCUT2D eigenvalue weighted by Gasteiger charge is -2.27. The summed E-state index contributed by atoms with van der Waals surface area (Å²) in [6, 6.07) is 5.56. The normalized spacial score (nSPS) is 11.0. The van der Waals surface area contributed by atoms with E-state index in [2.05, 4.69) is 5.32 Å². The third kappa shape index (κ3) is 4.21. The average Bonchev–Trinajstić information content (AvgIpc) is 2.45. The van der Waals surface area contributed by atoms with Crippen LogP contribution in [-0.2, 0) is 9.59 Å². The molecule has 0 heterocycles. The van der Waals surface area contributed by atoms with Gasteiger partial charge in [0.15, 0.2) is 6.61 Å². The lowest BCUT2D eigenvalue weighted by atomic mass is 9.93. The fourth-order valence-electron chi connectivity index (χ4n) is 2.04. The van der Waals surface area contributed by atoms with Crippen molar-refractivity contribution < 1.29 is 19.4 Å². The zero-order valence-corrected chi connectivity index (χ0v) is 13.0. The van der Waals surface area contributed by atoms with Gasteiger partial charge in [-0.05, 0) is 49.9 Å². The molecule has 0 bridgehead atoms. The SMILES string of the molecule is CCC(CC)(NC(=O)COc1ccc(C)c(C)c1)C(=O)O. The second-order valence-electron chi connectivity index (χ2n) is 5.18. The Bertz CT molecular complexity index is 521. The summed E-state index contributed by atoms with van der Waals surface area (Å²) in [4.78, 5) is 23.2. The molecule has 0 unspecified atom stereocenters. The van der Waals surface area contributed by atoms with E-state index in [1.807, 2.05) is 26.0 Å². The van der Waals surface area contributed by atoms with Crippen molar-refractivity contribution in [2.24, 2.45) is 0 Å². The van der Waals surface area contributed by atoms with Crippen LogP contribution in [0.4, 0.5) is 0 Å². The zero-order chi connectivity index (χ0) is 16.0. The number of hydrogen-bond acceptors (Lipinski definition) is 3. The molecule has 2 N–H and O–H groups in total. The number of hydrogen-bond donors (Lipinski definition) is 2. The Balaban J connectivity index is 2.65. The highest BCUT2D eigenvalue weighted by Crippen LogP contribution is 2.17. The van der Waals surface area contributed by atoms with Crippen molar-refractivity contribution >= 4 is 11.9 Å². The first-order valence-corrected chi connectivity index (χ1v) is 7.09. The fourth-order valence-corrected chi connectivity index (χ4v) is 2.04. The molecule has 21 heavy (non-hydrogen) atoms.